The van der Waals surface area contributed by atoms with Crippen molar-refractivity contribution in [3.05, 3.63) is 24.3 Å². The van der Waals surface area contributed by atoms with Gasteiger partial charge in [0.2, 0.25) is 5.95 Å². The minimum atomic E-state index is 0.633. The predicted octanol–water partition coefficient (Wildman–Crippen LogP) is 2.04. The third-order valence-electron chi connectivity index (χ3n) is 3.29. The van der Waals surface area contributed by atoms with Gasteiger partial charge >= 0.3 is 0 Å². The van der Waals surface area contributed by atoms with Gasteiger partial charge in [-0.25, -0.2) is 4.98 Å². The summed E-state index contributed by atoms with van der Waals surface area (Å²) in [5.41, 5.74) is 2.12. The molecule has 1 unspecified atom stereocenters. The molecule has 1 fully saturated rings. The number of hydrogen-bond acceptors (Lipinski definition) is 3. The Hall–Kier alpha value is -1.55. The fraction of sp³-hybridized carbons (Fsp3) is 0.462. The molecule has 2 heterocycles. The highest BCUT2D eigenvalue weighted by Crippen LogP contribution is 2.19. The zero-order chi connectivity index (χ0) is 11.7. The van der Waals surface area contributed by atoms with Crippen LogP contribution < -0.4 is 4.90 Å². The van der Waals surface area contributed by atoms with Gasteiger partial charge in [0, 0.05) is 26.1 Å². The van der Waals surface area contributed by atoms with Crippen molar-refractivity contribution in [3.8, 4) is 0 Å². The van der Waals surface area contributed by atoms with E-state index < -0.39 is 0 Å². The van der Waals surface area contributed by atoms with Gasteiger partial charge in [-0.3, -0.25) is 0 Å². The van der Waals surface area contributed by atoms with Crippen LogP contribution in [0.3, 0.4) is 0 Å². The molecule has 3 rings (SSSR count). The van der Waals surface area contributed by atoms with Gasteiger partial charge < -0.3 is 14.6 Å². The van der Waals surface area contributed by atoms with Gasteiger partial charge in [0.05, 0.1) is 17.6 Å². The van der Waals surface area contributed by atoms with E-state index in [0.29, 0.717) is 5.92 Å². The summed E-state index contributed by atoms with van der Waals surface area (Å²) < 4.78 is 5.40. The van der Waals surface area contributed by atoms with Gasteiger partial charge in [-0.1, -0.05) is 12.1 Å². The van der Waals surface area contributed by atoms with Crippen LogP contribution >= 0.6 is 0 Å². The van der Waals surface area contributed by atoms with Crippen molar-refractivity contribution in [3.63, 3.8) is 0 Å². The third kappa shape index (κ3) is 2.13. The van der Waals surface area contributed by atoms with Crippen LogP contribution in [0.1, 0.15) is 6.42 Å². The molecule has 1 atom stereocenters. The second-order valence-electron chi connectivity index (χ2n) is 4.69. The molecule has 4 heteroatoms. The van der Waals surface area contributed by atoms with E-state index in [-0.39, 0.29) is 0 Å². The van der Waals surface area contributed by atoms with Crippen LogP contribution in [-0.4, -0.2) is 36.8 Å². The largest absolute Gasteiger partial charge is 0.381 e. The number of H-pyrrole nitrogens is 1. The summed E-state index contributed by atoms with van der Waals surface area (Å²) in [7, 11) is 2.08. The molecule has 0 saturated carbocycles. The van der Waals surface area contributed by atoms with Crippen molar-refractivity contribution in [2.45, 2.75) is 6.42 Å². The normalized spacial score (nSPS) is 19.9. The zero-order valence-electron chi connectivity index (χ0n) is 10.0. The van der Waals surface area contributed by atoms with E-state index in [2.05, 4.69) is 28.0 Å². The molecule has 2 aromatic rings. The fourth-order valence-electron chi connectivity index (χ4n) is 2.32. The minimum Gasteiger partial charge on any atom is -0.381 e. The maximum Gasteiger partial charge on any atom is 0.203 e. The Morgan fingerprint density at radius 3 is 3.12 bits per heavy atom. The van der Waals surface area contributed by atoms with Gasteiger partial charge in [-0.2, -0.15) is 0 Å². The average molecular weight is 231 g/mol. The van der Waals surface area contributed by atoms with Gasteiger partial charge in [0.1, 0.15) is 0 Å². The Kier molecular flexibility index (Phi) is 2.73. The van der Waals surface area contributed by atoms with Crippen molar-refractivity contribution >= 4 is 17.0 Å². The molecule has 0 radical (unpaired) electrons. The number of ether oxygens (including phenoxy) is 1. The smallest absolute Gasteiger partial charge is 0.203 e. The molecular formula is C13H17N3O. The summed E-state index contributed by atoms with van der Waals surface area (Å²) in [5.74, 6) is 1.58. The highest BCUT2D eigenvalue weighted by Gasteiger charge is 2.18. The number of aromatic nitrogens is 2. The fourth-order valence-corrected chi connectivity index (χ4v) is 2.32. The monoisotopic (exact) mass is 231 g/mol. The van der Waals surface area contributed by atoms with E-state index in [9.17, 15) is 0 Å². The molecular weight excluding hydrogens is 214 g/mol. The standard InChI is InChI=1S/C13H17N3O/c1-16(8-10-6-7-17-9-10)13-14-11-4-2-3-5-12(11)15-13/h2-5,10H,6-9H2,1H3,(H,14,15). The lowest BCUT2D eigenvalue weighted by atomic mass is 10.1. The van der Waals surface area contributed by atoms with Crippen LogP contribution in [0.4, 0.5) is 5.95 Å². The zero-order valence-corrected chi connectivity index (χ0v) is 10.0. The van der Waals surface area contributed by atoms with E-state index in [4.69, 9.17) is 4.74 Å². The molecule has 1 N–H and O–H groups in total. The SMILES string of the molecule is CN(CC1CCOC1)c1nc2ccccc2[nH]1. The molecule has 1 aliphatic heterocycles. The lowest BCUT2D eigenvalue weighted by molar-refractivity contribution is 0.186. The number of rotatable bonds is 3. The topological polar surface area (TPSA) is 41.1 Å². The summed E-state index contributed by atoms with van der Waals surface area (Å²) in [6.07, 6.45) is 1.16. The van der Waals surface area contributed by atoms with Crippen LogP contribution in [0, 0.1) is 5.92 Å². The van der Waals surface area contributed by atoms with E-state index in [1.807, 2.05) is 18.2 Å². The van der Waals surface area contributed by atoms with Crippen molar-refractivity contribution < 1.29 is 4.74 Å². The first-order chi connectivity index (χ1) is 8.33. The Morgan fingerprint density at radius 2 is 2.35 bits per heavy atom. The number of benzene rings is 1. The maximum atomic E-state index is 5.40. The minimum absolute atomic E-state index is 0.633. The summed E-state index contributed by atoms with van der Waals surface area (Å²) in [6.45, 7) is 2.78. The summed E-state index contributed by atoms with van der Waals surface area (Å²) in [6, 6.07) is 8.12. The molecule has 1 aliphatic rings. The van der Waals surface area contributed by atoms with Gasteiger partial charge in [-0.05, 0) is 18.6 Å². The average Bonchev–Trinajstić information content (AvgIpc) is 2.96. The van der Waals surface area contributed by atoms with Gasteiger partial charge in [-0.15, -0.1) is 0 Å². The number of fused-ring (bicyclic) bond motifs is 1. The number of anilines is 1. The van der Waals surface area contributed by atoms with Crippen LogP contribution in [0.15, 0.2) is 24.3 Å². The molecule has 0 aliphatic carbocycles. The summed E-state index contributed by atoms with van der Waals surface area (Å²) in [4.78, 5) is 10.1. The number of para-hydroxylation sites is 2. The van der Waals surface area contributed by atoms with Gasteiger partial charge in [0.15, 0.2) is 0 Å². The molecule has 0 bridgehead atoms. The molecule has 1 saturated heterocycles. The maximum absolute atomic E-state index is 5.40. The molecule has 17 heavy (non-hydrogen) atoms. The van der Waals surface area contributed by atoms with Crippen molar-refractivity contribution in [2.24, 2.45) is 5.92 Å². The van der Waals surface area contributed by atoms with E-state index >= 15 is 0 Å². The van der Waals surface area contributed by atoms with E-state index in [0.717, 1.165) is 43.2 Å². The van der Waals surface area contributed by atoms with E-state index in [1.165, 1.54) is 0 Å². The Balaban J connectivity index is 1.77. The van der Waals surface area contributed by atoms with Gasteiger partial charge in [0.25, 0.3) is 0 Å². The van der Waals surface area contributed by atoms with Crippen LogP contribution in [0.25, 0.3) is 11.0 Å². The Morgan fingerprint density at radius 1 is 1.47 bits per heavy atom. The van der Waals surface area contributed by atoms with E-state index in [1.54, 1.807) is 0 Å². The lowest BCUT2D eigenvalue weighted by Crippen LogP contribution is -2.26. The first kappa shape index (κ1) is 10.6. The first-order valence-corrected chi connectivity index (χ1v) is 6.06. The first-order valence-electron chi connectivity index (χ1n) is 6.06. The number of aromatic amines is 1. The summed E-state index contributed by atoms with van der Waals surface area (Å²) >= 11 is 0. The number of hydrogen-bond donors (Lipinski definition) is 1. The Labute approximate surface area is 101 Å². The number of nitrogens with zero attached hydrogens (tertiary/aromatic N) is 2. The molecule has 0 amide bonds. The van der Waals surface area contributed by atoms with Crippen molar-refractivity contribution in [1.29, 1.82) is 0 Å². The third-order valence-corrected chi connectivity index (χ3v) is 3.29. The second kappa shape index (κ2) is 4.37. The highest BCUT2D eigenvalue weighted by atomic mass is 16.5. The Bertz CT molecular complexity index is 469. The summed E-state index contributed by atoms with van der Waals surface area (Å²) in [5, 5.41) is 0. The number of nitrogens with one attached hydrogen (secondary N) is 1. The lowest BCUT2D eigenvalue weighted by Gasteiger charge is -2.19. The molecule has 0 spiro atoms. The van der Waals surface area contributed by atoms with Crippen LogP contribution in [-0.2, 0) is 4.74 Å². The molecule has 1 aromatic carbocycles. The van der Waals surface area contributed by atoms with Crippen LogP contribution in [0.2, 0.25) is 0 Å². The van der Waals surface area contributed by atoms with Crippen LogP contribution in [0.5, 0.6) is 0 Å². The second-order valence-corrected chi connectivity index (χ2v) is 4.69. The highest BCUT2D eigenvalue weighted by molar-refractivity contribution is 5.77. The molecule has 4 nitrogen and oxygen atoms in total. The predicted molar refractivity (Wildman–Crippen MR) is 68.3 cm³/mol. The van der Waals surface area contributed by atoms with Crippen molar-refractivity contribution in [2.75, 3.05) is 31.7 Å². The quantitative estimate of drug-likeness (QED) is 0.878. The molecule has 90 valence electrons. The van der Waals surface area contributed by atoms with Crippen molar-refractivity contribution in [1.82, 2.24) is 9.97 Å². The number of imidazole rings is 1. The molecule has 1 aromatic heterocycles.